The van der Waals surface area contributed by atoms with E-state index in [2.05, 4.69) is 59.9 Å². The summed E-state index contributed by atoms with van der Waals surface area (Å²) in [6, 6.07) is 8.80. The van der Waals surface area contributed by atoms with Crippen molar-refractivity contribution in [1.82, 2.24) is 20.0 Å². The fraction of sp³-hybridized carbons (Fsp3) is 0.591. The number of aryl methyl sites for hydroxylation is 2. The topological polar surface area (TPSA) is 33.1 Å². The molecule has 0 aliphatic carbocycles. The van der Waals surface area contributed by atoms with E-state index in [-0.39, 0.29) is 12.4 Å². The van der Waals surface area contributed by atoms with Crippen LogP contribution in [0, 0.1) is 26.2 Å². The molecule has 27 heavy (non-hydrogen) atoms. The number of rotatable bonds is 4. The second-order valence-corrected chi connectivity index (χ2v) is 8.50. The Morgan fingerprint density at radius 1 is 1.00 bits per heavy atom. The van der Waals surface area contributed by atoms with Gasteiger partial charge in [-0.25, -0.2) is 0 Å². The Morgan fingerprint density at radius 3 is 2.41 bits per heavy atom. The van der Waals surface area contributed by atoms with Crippen molar-refractivity contribution in [1.29, 1.82) is 0 Å². The van der Waals surface area contributed by atoms with Crippen LogP contribution in [0.15, 0.2) is 24.3 Å². The predicted octanol–water partition coefficient (Wildman–Crippen LogP) is 3.85. The largest absolute Gasteiger partial charge is 0.317 e. The van der Waals surface area contributed by atoms with Gasteiger partial charge in [0.05, 0.1) is 12.2 Å². The summed E-state index contributed by atoms with van der Waals surface area (Å²) in [5.41, 5.74) is 7.16. The summed E-state index contributed by atoms with van der Waals surface area (Å²) in [5, 5.41) is 8.37. The van der Waals surface area contributed by atoms with E-state index in [1.165, 1.54) is 73.5 Å². The summed E-state index contributed by atoms with van der Waals surface area (Å²) in [6.45, 7) is 13.4. The van der Waals surface area contributed by atoms with Gasteiger partial charge in [-0.05, 0) is 70.6 Å². The van der Waals surface area contributed by atoms with Gasteiger partial charge in [-0.2, -0.15) is 5.10 Å². The number of halogens is 1. The average Bonchev–Trinajstić information content (AvgIpc) is 3.14. The highest BCUT2D eigenvalue weighted by Gasteiger charge is 2.38. The zero-order chi connectivity index (χ0) is 18.1. The van der Waals surface area contributed by atoms with Crippen molar-refractivity contribution < 1.29 is 0 Å². The third-order valence-corrected chi connectivity index (χ3v) is 6.55. The molecular formula is C22H33ClN4. The van der Waals surface area contributed by atoms with E-state index in [4.69, 9.17) is 5.10 Å². The minimum Gasteiger partial charge on any atom is -0.317 e. The number of nitrogens with zero attached hydrogens (tertiary/aromatic N) is 3. The van der Waals surface area contributed by atoms with Crippen molar-refractivity contribution in [2.45, 2.75) is 53.1 Å². The first kappa shape index (κ1) is 20.4. The van der Waals surface area contributed by atoms with Crippen molar-refractivity contribution in [2.75, 3.05) is 26.2 Å². The van der Waals surface area contributed by atoms with Crippen LogP contribution in [-0.4, -0.2) is 40.9 Å². The molecule has 1 spiro atoms. The summed E-state index contributed by atoms with van der Waals surface area (Å²) in [5.74, 6) is 0. The van der Waals surface area contributed by atoms with Crippen LogP contribution in [0.2, 0.25) is 0 Å². The number of likely N-dealkylation sites (tertiary alicyclic amines) is 1. The maximum Gasteiger partial charge on any atom is 0.0662 e. The quantitative estimate of drug-likeness (QED) is 0.863. The molecule has 0 radical (unpaired) electrons. The lowest BCUT2D eigenvalue weighted by atomic mass is 9.78. The Labute approximate surface area is 169 Å². The van der Waals surface area contributed by atoms with Gasteiger partial charge < -0.3 is 5.32 Å². The molecule has 2 saturated heterocycles. The van der Waals surface area contributed by atoms with Crippen LogP contribution >= 0.6 is 12.4 Å². The molecule has 4 nitrogen and oxygen atoms in total. The van der Waals surface area contributed by atoms with Crippen LogP contribution in [0.3, 0.4) is 0 Å². The third-order valence-electron chi connectivity index (χ3n) is 6.55. The van der Waals surface area contributed by atoms with E-state index in [0.29, 0.717) is 5.41 Å². The van der Waals surface area contributed by atoms with E-state index >= 15 is 0 Å². The molecule has 0 atom stereocenters. The zero-order valence-corrected chi connectivity index (χ0v) is 17.7. The lowest BCUT2D eigenvalue weighted by molar-refractivity contribution is 0.193. The van der Waals surface area contributed by atoms with Gasteiger partial charge in [-0.1, -0.05) is 29.8 Å². The molecule has 5 heteroatoms. The zero-order valence-electron chi connectivity index (χ0n) is 16.9. The third kappa shape index (κ3) is 4.39. The number of hydrogen-bond donors (Lipinski definition) is 1. The molecule has 3 heterocycles. The first-order valence-electron chi connectivity index (χ1n) is 10.1. The van der Waals surface area contributed by atoms with Crippen LogP contribution in [-0.2, 0) is 13.1 Å². The summed E-state index contributed by atoms with van der Waals surface area (Å²) >= 11 is 0. The van der Waals surface area contributed by atoms with Crippen LogP contribution in [0.1, 0.15) is 47.3 Å². The molecule has 2 aliphatic rings. The Kier molecular flexibility index (Phi) is 6.29. The lowest BCUT2D eigenvalue weighted by Gasteiger charge is -2.34. The van der Waals surface area contributed by atoms with Gasteiger partial charge in [-0.3, -0.25) is 9.58 Å². The molecular weight excluding hydrogens is 356 g/mol. The van der Waals surface area contributed by atoms with Crippen LogP contribution in [0.25, 0.3) is 0 Å². The molecule has 2 aromatic rings. The second-order valence-electron chi connectivity index (χ2n) is 8.50. The van der Waals surface area contributed by atoms with Crippen LogP contribution in [0.4, 0.5) is 0 Å². The van der Waals surface area contributed by atoms with Gasteiger partial charge in [0.15, 0.2) is 0 Å². The molecule has 2 aliphatic heterocycles. The SMILES string of the molecule is Cc1ccc(Cn2nc(C)c(CN3CCC4(CCNCC4)C3)c2C)cc1.Cl. The van der Waals surface area contributed by atoms with E-state index < -0.39 is 0 Å². The standard InChI is InChI=1S/C22H32N4.ClH/c1-17-4-6-20(7-5-17)14-26-19(3)21(18(2)24-26)15-25-13-10-22(16-25)8-11-23-12-9-22;/h4-7,23H,8-16H2,1-3H3;1H. The van der Waals surface area contributed by atoms with Crippen LogP contribution < -0.4 is 5.32 Å². The molecule has 0 unspecified atom stereocenters. The number of hydrogen-bond acceptors (Lipinski definition) is 3. The average molecular weight is 389 g/mol. The van der Waals surface area contributed by atoms with Gasteiger partial charge in [-0.15, -0.1) is 12.4 Å². The molecule has 1 aromatic carbocycles. The Bertz CT molecular complexity index is 759. The van der Waals surface area contributed by atoms with Crippen molar-refractivity contribution in [3.05, 3.63) is 52.3 Å². The smallest absolute Gasteiger partial charge is 0.0662 e. The van der Waals surface area contributed by atoms with Gasteiger partial charge in [0.25, 0.3) is 0 Å². The monoisotopic (exact) mass is 388 g/mol. The van der Waals surface area contributed by atoms with E-state index in [9.17, 15) is 0 Å². The Balaban J connectivity index is 0.00000210. The first-order valence-corrected chi connectivity index (χ1v) is 10.1. The summed E-state index contributed by atoms with van der Waals surface area (Å²) in [7, 11) is 0. The Hall–Kier alpha value is -1.36. The molecule has 0 amide bonds. The van der Waals surface area contributed by atoms with Gasteiger partial charge in [0.2, 0.25) is 0 Å². The first-order chi connectivity index (χ1) is 12.5. The molecule has 0 saturated carbocycles. The molecule has 2 fully saturated rings. The fourth-order valence-corrected chi connectivity index (χ4v) is 4.73. The van der Waals surface area contributed by atoms with Crippen molar-refractivity contribution in [3.63, 3.8) is 0 Å². The second kappa shape index (κ2) is 8.34. The Morgan fingerprint density at radius 2 is 1.70 bits per heavy atom. The number of aromatic nitrogens is 2. The molecule has 4 rings (SSSR count). The maximum absolute atomic E-state index is 4.85. The highest BCUT2D eigenvalue weighted by molar-refractivity contribution is 5.85. The van der Waals surface area contributed by atoms with E-state index in [1.54, 1.807) is 0 Å². The minimum atomic E-state index is 0. The highest BCUT2D eigenvalue weighted by atomic mass is 35.5. The van der Waals surface area contributed by atoms with Crippen molar-refractivity contribution >= 4 is 12.4 Å². The van der Waals surface area contributed by atoms with Crippen molar-refractivity contribution in [3.8, 4) is 0 Å². The maximum atomic E-state index is 4.85. The number of piperidine rings is 1. The predicted molar refractivity (Wildman–Crippen MR) is 114 cm³/mol. The van der Waals surface area contributed by atoms with Gasteiger partial charge in [0.1, 0.15) is 0 Å². The van der Waals surface area contributed by atoms with E-state index in [1.807, 2.05) is 0 Å². The lowest BCUT2D eigenvalue weighted by Crippen LogP contribution is -2.38. The number of benzene rings is 1. The van der Waals surface area contributed by atoms with Gasteiger partial charge >= 0.3 is 0 Å². The minimum absolute atomic E-state index is 0. The molecule has 148 valence electrons. The van der Waals surface area contributed by atoms with E-state index in [0.717, 1.165) is 13.1 Å². The number of nitrogens with one attached hydrogen (secondary N) is 1. The molecule has 1 N–H and O–H groups in total. The summed E-state index contributed by atoms with van der Waals surface area (Å²) in [6.07, 6.45) is 4.05. The van der Waals surface area contributed by atoms with Crippen molar-refractivity contribution in [2.24, 2.45) is 5.41 Å². The molecule has 0 bridgehead atoms. The fourth-order valence-electron chi connectivity index (χ4n) is 4.73. The highest BCUT2D eigenvalue weighted by Crippen LogP contribution is 2.39. The summed E-state index contributed by atoms with van der Waals surface area (Å²) in [4.78, 5) is 2.67. The summed E-state index contributed by atoms with van der Waals surface area (Å²) < 4.78 is 2.19. The van der Waals surface area contributed by atoms with Gasteiger partial charge in [0, 0.05) is 24.3 Å². The molecule has 1 aromatic heterocycles. The normalized spacial score (nSPS) is 19.4. The van der Waals surface area contributed by atoms with Crippen LogP contribution in [0.5, 0.6) is 0 Å².